The monoisotopic (exact) mass is 415 g/mol. The minimum atomic E-state index is -0.688. The van der Waals surface area contributed by atoms with E-state index < -0.39 is 17.8 Å². The van der Waals surface area contributed by atoms with Crippen LogP contribution >= 0.6 is 12.4 Å². The molecule has 1 aliphatic rings. The van der Waals surface area contributed by atoms with Gasteiger partial charge in [0.25, 0.3) is 5.91 Å². The number of nitrogens with zero attached hydrogens (tertiary/aromatic N) is 1. The molecule has 0 radical (unpaired) electrons. The number of halogens is 2. The average Bonchev–Trinajstić information content (AvgIpc) is 2.66. The summed E-state index contributed by atoms with van der Waals surface area (Å²) >= 11 is 0. The zero-order chi connectivity index (χ0) is 19.8. The van der Waals surface area contributed by atoms with Crippen LogP contribution in [0.25, 0.3) is 0 Å². The molecule has 0 aliphatic carbocycles. The van der Waals surface area contributed by atoms with E-state index in [1.165, 1.54) is 18.2 Å². The molecule has 1 aromatic carbocycles. The third-order valence-corrected chi connectivity index (χ3v) is 4.79. The minimum Gasteiger partial charge on any atom is -0.378 e. The van der Waals surface area contributed by atoms with Gasteiger partial charge in [-0.15, -0.1) is 12.4 Å². The van der Waals surface area contributed by atoms with E-state index in [0.29, 0.717) is 26.2 Å². The van der Waals surface area contributed by atoms with Crippen molar-refractivity contribution < 1.29 is 18.7 Å². The predicted octanol–water partition coefficient (Wildman–Crippen LogP) is 2.36. The number of nitrogens with two attached hydrogens (primary N) is 1. The number of ether oxygens (including phenoxy) is 1. The molecular formula is C20H31ClFN3O3. The largest absolute Gasteiger partial charge is 0.378 e. The number of benzene rings is 1. The number of amides is 2. The highest BCUT2D eigenvalue weighted by Gasteiger charge is 2.32. The molecule has 1 heterocycles. The highest BCUT2D eigenvalue weighted by Crippen LogP contribution is 2.17. The fourth-order valence-corrected chi connectivity index (χ4v) is 3.15. The van der Waals surface area contributed by atoms with Crippen LogP contribution in [0.2, 0.25) is 0 Å². The van der Waals surface area contributed by atoms with Crippen molar-refractivity contribution in [2.24, 2.45) is 11.7 Å². The number of piperidine rings is 1. The van der Waals surface area contributed by atoms with Gasteiger partial charge in [0.2, 0.25) is 5.91 Å². The van der Waals surface area contributed by atoms with E-state index in [4.69, 9.17) is 10.5 Å². The Morgan fingerprint density at radius 3 is 2.50 bits per heavy atom. The normalized spacial score (nSPS) is 15.8. The zero-order valence-corrected chi connectivity index (χ0v) is 17.3. The summed E-state index contributed by atoms with van der Waals surface area (Å²) in [5.41, 5.74) is 5.41. The number of carbonyl (C=O) groups excluding carboxylic acids is 2. The molecule has 1 saturated heterocycles. The molecule has 1 atom stereocenters. The smallest absolute Gasteiger partial charge is 0.254 e. The Balaban J connectivity index is 0.00000392. The van der Waals surface area contributed by atoms with Gasteiger partial charge in [-0.1, -0.05) is 26.0 Å². The van der Waals surface area contributed by atoms with E-state index in [2.05, 4.69) is 5.32 Å². The van der Waals surface area contributed by atoms with Gasteiger partial charge in [-0.3, -0.25) is 9.59 Å². The second kappa shape index (κ2) is 12.0. The summed E-state index contributed by atoms with van der Waals surface area (Å²) in [5.74, 6) is -1.40. The van der Waals surface area contributed by atoms with Gasteiger partial charge in [0.05, 0.1) is 11.7 Å². The van der Waals surface area contributed by atoms with Crippen LogP contribution in [0.1, 0.15) is 43.5 Å². The zero-order valence-electron chi connectivity index (χ0n) is 16.5. The highest BCUT2D eigenvalue weighted by molar-refractivity contribution is 5.97. The number of hydrogen-bond donors (Lipinski definition) is 2. The molecule has 3 N–H and O–H groups in total. The first-order valence-electron chi connectivity index (χ1n) is 9.60. The van der Waals surface area contributed by atoms with E-state index >= 15 is 0 Å². The van der Waals surface area contributed by atoms with Crippen molar-refractivity contribution in [1.82, 2.24) is 10.2 Å². The SMILES string of the molecule is CC(C)C(NC(=O)c1ccccc1F)C(=O)N1CCC(OCCCN)CC1.Cl. The Bertz CT molecular complexity index is 637. The Morgan fingerprint density at radius 2 is 1.93 bits per heavy atom. The van der Waals surface area contributed by atoms with Crippen LogP contribution in [0.3, 0.4) is 0 Å². The van der Waals surface area contributed by atoms with Gasteiger partial charge < -0.3 is 20.7 Å². The maximum atomic E-state index is 13.8. The Labute approximate surface area is 172 Å². The first-order chi connectivity index (χ1) is 12.9. The van der Waals surface area contributed by atoms with Crippen molar-refractivity contribution in [2.75, 3.05) is 26.2 Å². The second-order valence-electron chi connectivity index (χ2n) is 7.21. The molecule has 28 heavy (non-hydrogen) atoms. The van der Waals surface area contributed by atoms with Crippen LogP contribution in [0.5, 0.6) is 0 Å². The summed E-state index contributed by atoms with van der Waals surface area (Å²) in [6.45, 7) is 6.16. The van der Waals surface area contributed by atoms with Gasteiger partial charge in [0, 0.05) is 19.7 Å². The quantitative estimate of drug-likeness (QED) is 0.638. The van der Waals surface area contributed by atoms with Crippen molar-refractivity contribution in [1.29, 1.82) is 0 Å². The number of rotatable bonds is 8. The molecule has 6 nitrogen and oxygen atoms in total. The van der Waals surface area contributed by atoms with Gasteiger partial charge in [-0.05, 0) is 43.9 Å². The van der Waals surface area contributed by atoms with Crippen LogP contribution in [0.4, 0.5) is 4.39 Å². The van der Waals surface area contributed by atoms with E-state index in [9.17, 15) is 14.0 Å². The summed E-state index contributed by atoms with van der Waals surface area (Å²) in [6.07, 6.45) is 2.51. The first kappa shape index (κ1) is 24.3. The average molecular weight is 416 g/mol. The topological polar surface area (TPSA) is 84.7 Å². The summed E-state index contributed by atoms with van der Waals surface area (Å²) in [6, 6.07) is 5.08. The molecule has 2 amide bonds. The second-order valence-corrected chi connectivity index (χ2v) is 7.21. The lowest BCUT2D eigenvalue weighted by atomic mass is 9.99. The third kappa shape index (κ3) is 6.72. The molecular weight excluding hydrogens is 385 g/mol. The number of hydrogen-bond acceptors (Lipinski definition) is 4. The van der Waals surface area contributed by atoms with Gasteiger partial charge >= 0.3 is 0 Å². The molecule has 1 aliphatic heterocycles. The lowest BCUT2D eigenvalue weighted by Crippen LogP contribution is -2.53. The highest BCUT2D eigenvalue weighted by atomic mass is 35.5. The molecule has 1 fully saturated rings. The molecule has 0 bridgehead atoms. The minimum absolute atomic E-state index is 0. The summed E-state index contributed by atoms with van der Waals surface area (Å²) < 4.78 is 19.6. The third-order valence-electron chi connectivity index (χ3n) is 4.79. The molecule has 0 aromatic heterocycles. The molecule has 1 unspecified atom stereocenters. The molecule has 8 heteroatoms. The van der Waals surface area contributed by atoms with Crippen molar-refractivity contribution in [3.05, 3.63) is 35.6 Å². The van der Waals surface area contributed by atoms with Crippen LogP contribution in [0, 0.1) is 11.7 Å². The van der Waals surface area contributed by atoms with Gasteiger partial charge in [0.1, 0.15) is 11.9 Å². The van der Waals surface area contributed by atoms with Gasteiger partial charge in [0.15, 0.2) is 0 Å². The van der Waals surface area contributed by atoms with E-state index in [1.807, 2.05) is 13.8 Å². The van der Waals surface area contributed by atoms with Crippen LogP contribution in [0.15, 0.2) is 24.3 Å². The van der Waals surface area contributed by atoms with Crippen molar-refractivity contribution in [3.63, 3.8) is 0 Å². The predicted molar refractivity (Wildman–Crippen MR) is 109 cm³/mol. The summed E-state index contributed by atoms with van der Waals surface area (Å²) in [7, 11) is 0. The fourth-order valence-electron chi connectivity index (χ4n) is 3.15. The molecule has 158 valence electrons. The van der Waals surface area contributed by atoms with Crippen LogP contribution in [-0.4, -0.2) is 55.1 Å². The van der Waals surface area contributed by atoms with E-state index in [0.717, 1.165) is 19.3 Å². The van der Waals surface area contributed by atoms with E-state index in [1.54, 1.807) is 11.0 Å². The molecule has 2 rings (SSSR count). The van der Waals surface area contributed by atoms with Crippen molar-refractivity contribution in [2.45, 2.75) is 45.3 Å². The summed E-state index contributed by atoms with van der Waals surface area (Å²) in [5, 5.41) is 2.71. The van der Waals surface area contributed by atoms with E-state index in [-0.39, 0.29) is 35.9 Å². The Kier molecular flexibility index (Phi) is 10.4. The lowest BCUT2D eigenvalue weighted by molar-refractivity contribution is -0.137. The van der Waals surface area contributed by atoms with Crippen LogP contribution < -0.4 is 11.1 Å². The Hall–Kier alpha value is -1.70. The van der Waals surface area contributed by atoms with Crippen molar-refractivity contribution >= 4 is 24.2 Å². The molecule has 0 saturated carbocycles. The van der Waals surface area contributed by atoms with Gasteiger partial charge in [-0.2, -0.15) is 0 Å². The first-order valence-corrected chi connectivity index (χ1v) is 9.60. The molecule has 1 aromatic rings. The van der Waals surface area contributed by atoms with Crippen LogP contribution in [-0.2, 0) is 9.53 Å². The number of nitrogens with one attached hydrogen (secondary N) is 1. The fraction of sp³-hybridized carbons (Fsp3) is 0.600. The Morgan fingerprint density at radius 1 is 1.29 bits per heavy atom. The van der Waals surface area contributed by atoms with Gasteiger partial charge in [-0.25, -0.2) is 4.39 Å². The maximum Gasteiger partial charge on any atom is 0.254 e. The maximum absolute atomic E-state index is 13.8. The van der Waals surface area contributed by atoms with Crippen molar-refractivity contribution in [3.8, 4) is 0 Å². The standard InChI is InChI=1S/C20H30FN3O3.ClH/c1-14(2)18(23-19(25)16-6-3-4-7-17(16)21)20(26)24-11-8-15(9-12-24)27-13-5-10-22;/h3-4,6-7,14-15,18H,5,8-13,22H2,1-2H3,(H,23,25);1H. The molecule has 0 spiro atoms. The summed E-state index contributed by atoms with van der Waals surface area (Å²) in [4.78, 5) is 27.1. The number of carbonyl (C=O) groups is 2. The number of likely N-dealkylation sites (tertiary alicyclic amines) is 1. The lowest BCUT2D eigenvalue weighted by Gasteiger charge is -2.35.